The number of hydrogen-bond acceptors (Lipinski definition) is 3. The summed E-state index contributed by atoms with van der Waals surface area (Å²) >= 11 is 0. The average molecular weight is 228 g/mol. The SMILES string of the molecule is CCCCCC(CC)OC(=O)C=CC(=O)O. The van der Waals surface area contributed by atoms with Crippen LogP contribution in [0.25, 0.3) is 0 Å². The van der Waals surface area contributed by atoms with Crippen LogP contribution < -0.4 is 0 Å². The minimum Gasteiger partial charge on any atom is -0.478 e. The summed E-state index contributed by atoms with van der Waals surface area (Å²) in [5.41, 5.74) is 0. The first-order valence-electron chi connectivity index (χ1n) is 5.71. The van der Waals surface area contributed by atoms with Crippen LogP contribution in [0.4, 0.5) is 0 Å². The molecule has 92 valence electrons. The van der Waals surface area contributed by atoms with Crippen molar-refractivity contribution in [1.82, 2.24) is 0 Å². The van der Waals surface area contributed by atoms with Gasteiger partial charge < -0.3 is 9.84 Å². The molecular weight excluding hydrogens is 208 g/mol. The molecule has 0 aromatic rings. The lowest BCUT2D eigenvalue weighted by Crippen LogP contribution is -2.16. The highest BCUT2D eigenvalue weighted by atomic mass is 16.5. The van der Waals surface area contributed by atoms with E-state index in [0.717, 1.165) is 44.3 Å². The van der Waals surface area contributed by atoms with Crippen LogP contribution in [0.3, 0.4) is 0 Å². The van der Waals surface area contributed by atoms with Crippen LogP contribution in [0.5, 0.6) is 0 Å². The van der Waals surface area contributed by atoms with Crippen LogP contribution in [0.2, 0.25) is 0 Å². The van der Waals surface area contributed by atoms with Crippen molar-refractivity contribution in [2.24, 2.45) is 0 Å². The van der Waals surface area contributed by atoms with Crippen molar-refractivity contribution in [3.05, 3.63) is 12.2 Å². The fourth-order valence-corrected chi connectivity index (χ4v) is 1.31. The first-order valence-corrected chi connectivity index (χ1v) is 5.71. The number of unbranched alkanes of at least 4 members (excludes halogenated alkanes) is 2. The number of carbonyl (C=O) groups excluding carboxylic acids is 1. The van der Waals surface area contributed by atoms with E-state index in [0.29, 0.717) is 0 Å². The Morgan fingerprint density at radius 3 is 2.44 bits per heavy atom. The molecule has 16 heavy (non-hydrogen) atoms. The van der Waals surface area contributed by atoms with Crippen molar-refractivity contribution in [2.45, 2.75) is 52.1 Å². The summed E-state index contributed by atoms with van der Waals surface area (Å²) in [7, 11) is 0. The van der Waals surface area contributed by atoms with Gasteiger partial charge in [-0.1, -0.05) is 26.7 Å². The molecule has 0 saturated heterocycles. The van der Waals surface area contributed by atoms with Crippen LogP contribution in [-0.2, 0) is 14.3 Å². The molecule has 0 radical (unpaired) electrons. The maximum absolute atomic E-state index is 11.2. The van der Waals surface area contributed by atoms with Gasteiger partial charge in [0.25, 0.3) is 0 Å². The van der Waals surface area contributed by atoms with Gasteiger partial charge in [0.2, 0.25) is 0 Å². The molecule has 0 spiro atoms. The third kappa shape index (κ3) is 8.03. The Bertz CT molecular complexity index is 245. The zero-order valence-corrected chi connectivity index (χ0v) is 9.94. The number of rotatable bonds is 8. The summed E-state index contributed by atoms with van der Waals surface area (Å²) < 4.78 is 5.11. The van der Waals surface area contributed by atoms with E-state index >= 15 is 0 Å². The lowest BCUT2D eigenvalue weighted by molar-refractivity contribution is -0.144. The van der Waals surface area contributed by atoms with E-state index in [9.17, 15) is 9.59 Å². The van der Waals surface area contributed by atoms with Crippen LogP contribution in [0.15, 0.2) is 12.2 Å². The van der Waals surface area contributed by atoms with Crippen molar-refractivity contribution in [3.63, 3.8) is 0 Å². The Labute approximate surface area is 96.3 Å². The third-order valence-electron chi connectivity index (χ3n) is 2.23. The van der Waals surface area contributed by atoms with E-state index in [1.807, 2.05) is 6.92 Å². The largest absolute Gasteiger partial charge is 0.478 e. The fraction of sp³-hybridized carbons (Fsp3) is 0.667. The molecule has 0 aliphatic rings. The van der Waals surface area contributed by atoms with Gasteiger partial charge >= 0.3 is 11.9 Å². The molecule has 4 heteroatoms. The van der Waals surface area contributed by atoms with Gasteiger partial charge in [0.05, 0.1) is 0 Å². The molecule has 0 bridgehead atoms. The van der Waals surface area contributed by atoms with Gasteiger partial charge in [0, 0.05) is 12.2 Å². The summed E-state index contributed by atoms with van der Waals surface area (Å²) in [6.07, 6.45) is 6.53. The molecule has 0 rings (SSSR count). The summed E-state index contributed by atoms with van der Waals surface area (Å²) in [6, 6.07) is 0. The molecule has 0 heterocycles. The number of carbonyl (C=O) groups is 2. The zero-order valence-electron chi connectivity index (χ0n) is 9.94. The normalized spacial score (nSPS) is 12.6. The standard InChI is InChI=1S/C12H20O4/c1-3-5-6-7-10(4-2)16-12(15)9-8-11(13)14/h8-10H,3-7H2,1-2H3,(H,13,14). The molecule has 1 N–H and O–H groups in total. The molecule has 0 amide bonds. The maximum Gasteiger partial charge on any atom is 0.331 e. The maximum atomic E-state index is 11.2. The van der Waals surface area contributed by atoms with Gasteiger partial charge in [-0.15, -0.1) is 0 Å². The van der Waals surface area contributed by atoms with Gasteiger partial charge in [-0.3, -0.25) is 0 Å². The van der Waals surface area contributed by atoms with E-state index in [-0.39, 0.29) is 6.10 Å². The number of aliphatic carboxylic acids is 1. The van der Waals surface area contributed by atoms with E-state index in [4.69, 9.17) is 9.84 Å². The Hall–Kier alpha value is -1.32. The predicted octanol–water partition coefficient (Wildman–Crippen LogP) is 2.53. The Balaban J connectivity index is 3.92. The highest BCUT2D eigenvalue weighted by Gasteiger charge is 2.10. The van der Waals surface area contributed by atoms with Crippen LogP contribution >= 0.6 is 0 Å². The third-order valence-corrected chi connectivity index (χ3v) is 2.23. The van der Waals surface area contributed by atoms with Gasteiger partial charge in [0.1, 0.15) is 6.10 Å². The van der Waals surface area contributed by atoms with Crippen molar-refractivity contribution in [2.75, 3.05) is 0 Å². The molecule has 0 aromatic heterocycles. The predicted molar refractivity (Wildman–Crippen MR) is 61.1 cm³/mol. The van der Waals surface area contributed by atoms with E-state index in [2.05, 4.69) is 6.92 Å². The van der Waals surface area contributed by atoms with Crippen LogP contribution in [-0.4, -0.2) is 23.1 Å². The summed E-state index contributed by atoms with van der Waals surface area (Å²) in [5, 5.41) is 8.33. The number of hydrogen-bond donors (Lipinski definition) is 1. The molecule has 0 aliphatic carbocycles. The quantitative estimate of drug-likeness (QED) is 0.394. The lowest BCUT2D eigenvalue weighted by Gasteiger charge is -2.14. The first-order chi connectivity index (χ1) is 7.60. The minimum atomic E-state index is -1.14. The summed E-state index contributed by atoms with van der Waals surface area (Å²) in [5.74, 6) is -1.72. The lowest BCUT2D eigenvalue weighted by atomic mass is 10.1. The van der Waals surface area contributed by atoms with Crippen LogP contribution in [0, 0.1) is 0 Å². The molecular formula is C12H20O4. The number of esters is 1. The van der Waals surface area contributed by atoms with E-state index in [1.165, 1.54) is 0 Å². The molecule has 0 aromatic carbocycles. The van der Waals surface area contributed by atoms with Crippen molar-refractivity contribution >= 4 is 11.9 Å². The molecule has 0 fully saturated rings. The zero-order chi connectivity index (χ0) is 12.4. The minimum absolute atomic E-state index is 0.0995. The number of carboxylic acids is 1. The van der Waals surface area contributed by atoms with Gasteiger partial charge in [-0.2, -0.15) is 0 Å². The first kappa shape index (κ1) is 14.7. The molecule has 0 saturated carbocycles. The summed E-state index contributed by atoms with van der Waals surface area (Å²) in [6.45, 7) is 4.06. The molecule has 4 nitrogen and oxygen atoms in total. The monoisotopic (exact) mass is 228 g/mol. The second kappa shape index (κ2) is 8.95. The molecule has 0 aliphatic heterocycles. The fourth-order valence-electron chi connectivity index (χ4n) is 1.31. The molecule has 1 atom stereocenters. The van der Waals surface area contributed by atoms with E-state index in [1.54, 1.807) is 0 Å². The smallest absolute Gasteiger partial charge is 0.331 e. The second-order valence-electron chi connectivity index (χ2n) is 3.63. The Kier molecular flexibility index (Phi) is 8.21. The van der Waals surface area contributed by atoms with Crippen molar-refractivity contribution in [3.8, 4) is 0 Å². The van der Waals surface area contributed by atoms with Crippen molar-refractivity contribution < 1.29 is 19.4 Å². The molecule has 1 unspecified atom stereocenters. The van der Waals surface area contributed by atoms with Crippen LogP contribution in [0.1, 0.15) is 46.0 Å². The topological polar surface area (TPSA) is 63.6 Å². The second-order valence-corrected chi connectivity index (χ2v) is 3.63. The van der Waals surface area contributed by atoms with E-state index < -0.39 is 11.9 Å². The highest BCUT2D eigenvalue weighted by molar-refractivity contribution is 5.90. The van der Waals surface area contributed by atoms with Crippen molar-refractivity contribution in [1.29, 1.82) is 0 Å². The number of carboxylic acid groups (broad SMARTS) is 1. The van der Waals surface area contributed by atoms with Gasteiger partial charge in [0.15, 0.2) is 0 Å². The number of ether oxygens (including phenoxy) is 1. The van der Waals surface area contributed by atoms with Gasteiger partial charge in [-0.25, -0.2) is 9.59 Å². The van der Waals surface area contributed by atoms with Gasteiger partial charge in [-0.05, 0) is 19.3 Å². The highest BCUT2D eigenvalue weighted by Crippen LogP contribution is 2.10. The summed E-state index contributed by atoms with van der Waals surface area (Å²) in [4.78, 5) is 21.4. The Morgan fingerprint density at radius 2 is 1.94 bits per heavy atom. The Morgan fingerprint density at radius 1 is 1.25 bits per heavy atom. The average Bonchev–Trinajstić information content (AvgIpc) is 2.25.